The largest absolute Gasteiger partial charge is 0.494 e. The lowest BCUT2D eigenvalue weighted by atomic mass is 10.1. The summed E-state index contributed by atoms with van der Waals surface area (Å²) in [6, 6.07) is 4.84. The third-order valence-corrected chi connectivity index (χ3v) is 5.33. The van der Waals surface area contributed by atoms with Gasteiger partial charge in [0.15, 0.2) is 28.9 Å². The van der Waals surface area contributed by atoms with E-state index >= 15 is 0 Å². The fourth-order valence-corrected chi connectivity index (χ4v) is 3.44. The summed E-state index contributed by atoms with van der Waals surface area (Å²) >= 11 is 0. The average molecular weight is 471 g/mol. The molecule has 0 radical (unpaired) electrons. The molecule has 11 heteroatoms. The third kappa shape index (κ3) is 5.13. The zero-order valence-electron chi connectivity index (χ0n) is 18.7. The standard InChI is InChI=1S/C23H23F2N5O4/c1-32-18-9-19(33-2)22(25)17(21(18)24)13-34-16-11-27-23(28-12-16)29-14-3-4-20(26-10-14)30-7-5-15(31)6-8-30/h3-4,9-12H,5-8,13H2,1-2H3,(H,27,28,29). The predicted octanol–water partition coefficient (Wildman–Crippen LogP) is 3.66. The molecule has 9 nitrogen and oxygen atoms in total. The Morgan fingerprint density at radius 2 is 1.62 bits per heavy atom. The summed E-state index contributed by atoms with van der Waals surface area (Å²) in [5.41, 5.74) is 0.348. The second-order valence-electron chi connectivity index (χ2n) is 7.47. The highest BCUT2D eigenvalue weighted by molar-refractivity contribution is 5.80. The van der Waals surface area contributed by atoms with Crippen LogP contribution >= 0.6 is 0 Å². The minimum Gasteiger partial charge on any atom is -0.494 e. The summed E-state index contributed by atoms with van der Waals surface area (Å²) in [7, 11) is 2.55. The van der Waals surface area contributed by atoms with Crippen molar-refractivity contribution in [2.24, 2.45) is 0 Å². The van der Waals surface area contributed by atoms with Crippen LogP contribution in [0.15, 0.2) is 36.8 Å². The molecule has 1 aliphatic heterocycles. The van der Waals surface area contributed by atoms with Crippen molar-refractivity contribution in [3.8, 4) is 17.2 Å². The molecule has 1 aliphatic rings. The second kappa shape index (κ2) is 10.3. The molecule has 1 fully saturated rings. The summed E-state index contributed by atoms with van der Waals surface area (Å²) in [6.45, 7) is 0.924. The molecule has 1 N–H and O–H groups in total. The molecular weight excluding hydrogens is 448 g/mol. The fraction of sp³-hybridized carbons (Fsp3) is 0.304. The van der Waals surface area contributed by atoms with E-state index in [0.717, 1.165) is 11.9 Å². The van der Waals surface area contributed by atoms with E-state index in [4.69, 9.17) is 14.2 Å². The van der Waals surface area contributed by atoms with Crippen molar-refractivity contribution in [1.29, 1.82) is 0 Å². The van der Waals surface area contributed by atoms with E-state index in [1.54, 1.807) is 6.20 Å². The highest BCUT2D eigenvalue weighted by atomic mass is 19.1. The molecule has 2 aromatic heterocycles. The second-order valence-corrected chi connectivity index (χ2v) is 7.47. The van der Waals surface area contributed by atoms with Gasteiger partial charge in [-0.1, -0.05) is 0 Å². The Hall–Kier alpha value is -4.02. The zero-order chi connectivity index (χ0) is 24.1. The van der Waals surface area contributed by atoms with Crippen LogP contribution in [0, 0.1) is 11.6 Å². The molecule has 0 spiro atoms. The van der Waals surface area contributed by atoms with Crippen LogP contribution in [0.1, 0.15) is 18.4 Å². The maximum Gasteiger partial charge on any atom is 0.227 e. The van der Waals surface area contributed by atoms with Crippen molar-refractivity contribution in [3.05, 3.63) is 54.0 Å². The Kier molecular flexibility index (Phi) is 7.00. The van der Waals surface area contributed by atoms with Crippen LogP contribution in [-0.2, 0) is 11.4 Å². The summed E-state index contributed by atoms with van der Waals surface area (Å²) in [5, 5.41) is 3.02. The summed E-state index contributed by atoms with van der Waals surface area (Å²) in [6.07, 6.45) is 5.49. The molecule has 3 aromatic rings. The quantitative estimate of drug-likeness (QED) is 0.528. The number of rotatable bonds is 8. The molecule has 0 saturated carbocycles. The van der Waals surface area contributed by atoms with Crippen molar-refractivity contribution in [1.82, 2.24) is 15.0 Å². The van der Waals surface area contributed by atoms with Gasteiger partial charge in [-0.2, -0.15) is 0 Å². The highest BCUT2D eigenvalue weighted by Gasteiger charge is 2.21. The molecule has 3 heterocycles. The molecule has 0 aliphatic carbocycles. The van der Waals surface area contributed by atoms with E-state index in [2.05, 4.69) is 25.2 Å². The monoisotopic (exact) mass is 471 g/mol. The number of hydrogen-bond donors (Lipinski definition) is 1. The number of carbonyl (C=O) groups excluding carboxylic acids is 1. The van der Waals surface area contributed by atoms with Gasteiger partial charge in [0.2, 0.25) is 5.95 Å². The third-order valence-electron chi connectivity index (χ3n) is 5.33. The number of carbonyl (C=O) groups is 1. The van der Waals surface area contributed by atoms with Crippen molar-refractivity contribution in [3.63, 3.8) is 0 Å². The van der Waals surface area contributed by atoms with E-state index in [9.17, 15) is 13.6 Å². The lowest BCUT2D eigenvalue weighted by Gasteiger charge is -2.27. The number of pyridine rings is 1. The van der Waals surface area contributed by atoms with E-state index in [1.807, 2.05) is 12.1 Å². The first-order valence-electron chi connectivity index (χ1n) is 10.5. The van der Waals surface area contributed by atoms with E-state index < -0.39 is 18.2 Å². The molecule has 34 heavy (non-hydrogen) atoms. The lowest BCUT2D eigenvalue weighted by molar-refractivity contribution is -0.119. The van der Waals surface area contributed by atoms with Crippen molar-refractivity contribution in [2.75, 3.05) is 37.5 Å². The molecule has 1 saturated heterocycles. The molecule has 178 valence electrons. The van der Waals surface area contributed by atoms with Gasteiger partial charge in [-0.15, -0.1) is 0 Å². The summed E-state index contributed by atoms with van der Waals surface area (Å²) in [5.74, 6) is -0.444. The Morgan fingerprint density at radius 1 is 0.971 bits per heavy atom. The van der Waals surface area contributed by atoms with Gasteiger partial charge in [0, 0.05) is 32.0 Å². The number of aromatic nitrogens is 3. The molecule has 4 rings (SSSR count). The number of piperidine rings is 1. The highest BCUT2D eigenvalue weighted by Crippen LogP contribution is 2.32. The van der Waals surface area contributed by atoms with Crippen LogP contribution in [0.5, 0.6) is 17.2 Å². The molecule has 0 atom stereocenters. The number of methoxy groups -OCH3 is 2. The Morgan fingerprint density at radius 3 is 2.18 bits per heavy atom. The normalized spacial score (nSPS) is 13.5. The van der Waals surface area contributed by atoms with Crippen LogP contribution in [0.4, 0.5) is 26.2 Å². The number of anilines is 3. The van der Waals surface area contributed by atoms with Gasteiger partial charge in [-0.25, -0.2) is 23.7 Å². The number of halogens is 2. The van der Waals surface area contributed by atoms with Gasteiger partial charge in [0.05, 0.1) is 44.1 Å². The Balaban J connectivity index is 1.37. The number of hydrogen-bond acceptors (Lipinski definition) is 9. The van der Waals surface area contributed by atoms with Crippen molar-refractivity contribution in [2.45, 2.75) is 19.4 Å². The Labute approximate surface area is 194 Å². The first-order valence-corrected chi connectivity index (χ1v) is 10.5. The first-order chi connectivity index (χ1) is 16.5. The van der Waals surface area contributed by atoms with Crippen LogP contribution in [-0.4, -0.2) is 48.0 Å². The number of ketones is 1. The van der Waals surface area contributed by atoms with Gasteiger partial charge in [-0.05, 0) is 12.1 Å². The molecule has 0 amide bonds. The molecule has 1 aromatic carbocycles. The predicted molar refractivity (Wildman–Crippen MR) is 120 cm³/mol. The number of ether oxygens (including phenoxy) is 3. The minimum atomic E-state index is -0.868. The van der Waals surface area contributed by atoms with Gasteiger partial charge >= 0.3 is 0 Å². The minimum absolute atomic E-state index is 0.152. The number of Topliss-reactive ketones (excluding diaryl/α,β-unsaturated/α-hetero) is 1. The molecule has 0 unspecified atom stereocenters. The van der Waals surface area contributed by atoms with Crippen molar-refractivity contribution >= 4 is 23.2 Å². The topological polar surface area (TPSA) is 98.7 Å². The fourth-order valence-electron chi connectivity index (χ4n) is 3.44. The van der Waals surface area contributed by atoms with Gasteiger partial charge < -0.3 is 24.4 Å². The summed E-state index contributed by atoms with van der Waals surface area (Å²) < 4.78 is 44.2. The van der Waals surface area contributed by atoms with Crippen molar-refractivity contribution < 1.29 is 27.8 Å². The molecule has 0 bridgehead atoms. The van der Waals surface area contributed by atoms with E-state index in [0.29, 0.717) is 37.6 Å². The number of nitrogens with zero attached hydrogens (tertiary/aromatic N) is 4. The van der Waals surface area contributed by atoms with Gasteiger partial charge in [0.1, 0.15) is 18.2 Å². The smallest absolute Gasteiger partial charge is 0.227 e. The number of benzene rings is 1. The van der Waals surface area contributed by atoms with Gasteiger partial charge in [-0.3, -0.25) is 4.79 Å². The van der Waals surface area contributed by atoms with E-state index in [-0.39, 0.29) is 28.6 Å². The van der Waals surface area contributed by atoms with Crippen LogP contribution < -0.4 is 24.4 Å². The molecular formula is C23H23F2N5O4. The SMILES string of the molecule is COc1cc(OC)c(F)c(COc2cnc(Nc3ccc(N4CCC(=O)CC4)nc3)nc2)c1F. The maximum atomic E-state index is 14.5. The van der Waals surface area contributed by atoms with E-state index in [1.165, 1.54) is 26.6 Å². The van der Waals surface area contributed by atoms with Crippen LogP contribution in [0.25, 0.3) is 0 Å². The maximum absolute atomic E-state index is 14.5. The average Bonchev–Trinajstić information content (AvgIpc) is 2.86. The van der Waals surface area contributed by atoms with Crippen LogP contribution in [0.3, 0.4) is 0 Å². The van der Waals surface area contributed by atoms with Gasteiger partial charge in [0.25, 0.3) is 0 Å². The Bertz CT molecular complexity index is 1120. The lowest BCUT2D eigenvalue weighted by Crippen LogP contribution is -2.34. The number of nitrogens with one attached hydrogen (secondary N) is 1. The zero-order valence-corrected chi connectivity index (χ0v) is 18.7. The summed E-state index contributed by atoms with van der Waals surface area (Å²) in [4.78, 5) is 26.2. The first kappa shape index (κ1) is 23.1. The van der Waals surface area contributed by atoms with Crippen LogP contribution in [0.2, 0.25) is 0 Å².